The predicted molar refractivity (Wildman–Crippen MR) is 111 cm³/mol. The van der Waals surface area contributed by atoms with E-state index in [-0.39, 0.29) is 18.8 Å². The second-order valence-corrected chi connectivity index (χ2v) is 6.40. The van der Waals surface area contributed by atoms with E-state index in [4.69, 9.17) is 9.84 Å². The van der Waals surface area contributed by atoms with Gasteiger partial charge in [0.1, 0.15) is 11.4 Å². The largest absolute Gasteiger partial charge is 0.496 e. The van der Waals surface area contributed by atoms with Crippen molar-refractivity contribution in [2.75, 3.05) is 20.3 Å². The number of aliphatic hydroxyl groups excluding tert-OH is 1. The molecule has 0 bridgehead atoms. The minimum atomic E-state index is -0.491. The molecule has 2 aromatic carbocycles. The number of ether oxygens (including phenoxy) is 1. The molecule has 7 nitrogen and oxygen atoms in total. The number of para-hydroxylation sites is 2. The second-order valence-electron chi connectivity index (χ2n) is 6.40. The predicted octanol–water partition coefficient (Wildman–Crippen LogP) is 2.07. The maximum atomic E-state index is 12.8. The third kappa shape index (κ3) is 4.47. The van der Waals surface area contributed by atoms with E-state index in [0.717, 1.165) is 16.5 Å². The standard InChI is InChI=1S/C22H23N3O4/c1-25-14-15(16-7-3-5-9-19(16)25)13-18(22(28)23-11-12-26)24-21(27)17-8-4-6-10-20(17)29-2/h3-10,13-14,26H,11-12H2,1-2H3,(H,23,28)(H,24,27). The maximum absolute atomic E-state index is 12.8. The van der Waals surface area contributed by atoms with Gasteiger partial charge in [0.25, 0.3) is 11.8 Å². The van der Waals surface area contributed by atoms with Crippen LogP contribution in [0.3, 0.4) is 0 Å². The fraction of sp³-hybridized carbons (Fsp3) is 0.182. The Labute approximate surface area is 168 Å². The molecule has 0 aliphatic heterocycles. The summed E-state index contributed by atoms with van der Waals surface area (Å²) in [5.74, 6) is -0.548. The molecular weight excluding hydrogens is 370 g/mol. The van der Waals surface area contributed by atoms with Gasteiger partial charge >= 0.3 is 0 Å². The topological polar surface area (TPSA) is 92.6 Å². The Bertz CT molecular complexity index is 1070. The normalized spacial score (nSPS) is 11.3. The molecule has 2 amide bonds. The zero-order valence-corrected chi connectivity index (χ0v) is 16.3. The Morgan fingerprint density at radius 2 is 1.86 bits per heavy atom. The molecule has 0 saturated carbocycles. The zero-order valence-electron chi connectivity index (χ0n) is 16.3. The molecule has 0 spiro atoms. The van der Waals surface area contributed by atoms with Gasteiger partial charge in [-0.15, -0.1) is 0 Å². The van der Waals surface area contributed by atoms with Crippen molar-refractivity contribution in [1.29, 1.82) is 0 Å². The highest BCUT2D eigenvalue weighted by molar-refractivity contribution is 6.07. The fourth-order valence-corrected chi connectivity index (χ4v) is 3.09. The zero-order chi connectivity index (χ0) is 20.8. The van der Waals surface area contributed by atoms with Gasteiger partial charge < -0.3 is 25.0 Å². The van der Waals surface area contributed by atoms with Gasteiger partial charge in [0, 0.05) is 36.3 Å². The summed E-state index contributed by atoms with van der Waals surface area (Å²) in [6, 6.07) is 14.6. The summed E-state index contributed by atoms with van der Waals surface area (Å²) in [5.41, 5.74) is 2.18. The number of aliphatic hydroxyl groups is 1. The third-order valence-corrected chi connectivity index (χ3v) is 4.47. The summed E-state index contributed by atoms with van der Waals surface area (Å²) in [6.45, 7) is -0.121. The van der Waals surface area contributed by atoms with Crippen LogP contribution in [-0.2, 0) is 11.8 Å². The van der Waals surface area contributed by atoms with Crippen LogP contribution < -0.4 is 15.4 Å². The van der Waals surface area contributed by atoms with Crippen molar-refractivity contribution in [2.24, 2.45) is 7.05 Å². The first-order chi connectivity index (χ1) is 14.0. The van der Waals surface area contributed by atoms with Crippen molar-refractivity contribution in [1.82, 2.24) is 15.2 Å². The van der Waals surface area contributed by atoms with Gasteiger partial charge in [-0.2, -0.15) is 0 Å². The summed E-state index contributed by atoms with van der Waals surface area (Å²) in [4.78, 5) is 25.4. The lowest BCUT2D eigenvalue weighted by molar-refractivity contribution is -0.117. The number of nitrogens with one attached hydrogen (secondary N) is 2. The number of aryl methyl sites for hydroxylation is 1. The molecule has 29 heavy (non-hydrogen) atoms. The van der Waals surface area contributed by atoms with Crippen LogP contribution in [0.25, 0.3) is 17.0 Å². The highest BCUT2D eigenvalue weighted by Crippen LogP contribution is 2.23. The van der Waals surface area contributed by atoms with Crippen molar-refractivity contribution in [3.63, 3.8) is 0 Å². The Morgan fingerprint density at radius 3 is 2.62 bits per heavy atom. The number of carbonyl (C=O) groups is 2. The molecule has 0 aliphatic carbocycles. The number of methoxy groups -OCH3 is 1. The van der Waals surface area contributed by atoms with Crippen molar-refractivity contribution in [3.8, 4) is 5.75 Å². The van der Waals surface area contributed by atoms with Crippen LogP contribution in [-0.4, -0.2) is 41.7 Å². The van der Waals surface area contributed by atoms with Crippen molar-refractivity contribution >= 4 is 28.8 Å². The highest BCUT2D eigenvalue weighted by Gasteiger charge is 2.18. The number of carbonyl (C=O) groups excluding carboxylic acids is 2. The third-order valence-electron chi connectivity index (χ3n) is 4.47. The summed E-state index contributed by atoms with van der Waals surface area (Å²) >= 11 is 0. The SMILES string of the molecule is COc1ccccc1C(=O)NC(=Cc1cn(C)c2ccccc12)C(=O)NCCO. The van der Waals surface area contributed by atoms with Crippen LogP contribution in [0.5, 0.6) is 5.75 Å². The lowest BCUT2D eigenvalue weighted by Crippen LogP contribution is -2.36. The van der Waals surface area contributed by atoms with Crippen molar-refractivity contribution in [3.05, 3.63) is 71.6 Å². The number of nitrogens with zero attached hydrogens (tertiary/aromatic N) is 1. The summed E-state index contributed by atoms with van der Waals surface area (Å²) < 4.78 is 7.19. The average Bonchev–Trinajstić information content (AvgIpc) is 3.07. The van der Waals surface area contributed by atoms with E-state index in [1.165, 1.54) is 7.11 Å². The Kier molecular flexibility index (Phi) is 6.31. The molecule has 0 aliphatic rings. The van der Waals surface area contributed by atoms with Gasteiger partial charge in [-0.3, -0.25) is 9.59 Å². The summed E-state index contributed by atoms with van der Waals surface area (Å²) in [6.07, 6.45) is 3.52. The molecule has 0 unspecified atom stereocenters. The van der Waals surface area contributed by atoms with Gasteiger partial charge in [-0.25, -0.2) is 0 Å². The van der Waals surface area contributed by atoms with Gasteiger partial charge in [0.05, 0.1) is 19.3 Å². The van der Waals surface area contributed by atoms with E-state index in [0.29, 0.717) is 11.3 Å². The minimum Gasteiger partial charge on any atom is -0.496 e. The average molecular weight is 393 g/mol. The first-order valence-corrected chi connectivity index (χ1v) is 9.14. The van der Waals surface area contributed by atoms with E-state index in [1.54, 1.807) is 30.3 Å². The van der Waals surface area contributed by atoms with E-state index >= 15 is 0 Å². The molecule has 150 valence electrons. The monoisotopic (exact) mass is 393 g/mol. The quantitative estimate of drug-likeness (QED) is 0.536. The first kappa shape index (κ1) is 20.2. The van der Waals surface area contributed by atoms with Gasteiger partial charge in [0.2, 0.25) is 0 Å². The number of amides is 2. The Morgan fingerprint density at radius 1 is 1.14 bits per heavy atom. The molecule has 7 heteroatoms. The highest BCUT2D eigenvalue weighted by atomic mass is 16.5. The molecule has 3 rings (SSSR count). The number of hydrogen-bond donors (Lipinski definition) is 3. The van der Waals surface area contributed by atoms with Gasteiger partial charge in [0.15, 0.2) is 0 Å². The molecule has 1 aromatic heterocycles. The Hall–Kier alpha value is -3.58. The number of hydrogen-bond acceptors (Lipinski definition) is 4. The number of benzene rings is 2. The lowest BCUT2D eigenvalue weighted by atomic mass is 10.1. The van der Waals surface area contributed by atoms with Crippen LogP contribution in [0.15, 0.2) is 60.4 Å². The molecular formula is C22H23N3O4. The van der Waals surface area contributed by atoms with Gasteiger partial charge in [-0.1, -0.05) is 30.3 Å². The summed E-state index contributed by atoms with van der Waals surface area (Å²) in [7, 11) is 3.39. The van der Waals surface area contributed by atoms with Crippen LogP contribution >= 0.6 is 0 Å². The first-order valence-electron chi connectivity index (χ1n) is 9.14. The van der Waals surface area contributed by atoms with Crippen LogP contribution in [0.2, 0.25) is 0 Å². The molecule has 1 heterocycles. The molecule has 0 radical (unpaired) electrons. The van der Waals surface area contributed by atoms with E-state index in [1.807, 2.05) is 42.1 Å². The summed E-state index contributed by atoms with van der Waals surface area (Å²) in [5, 5.41) is 15.2. The number of aromatic nitrogens is 1. The molecule has 0 fully saturated rings. The molecule has 3 aromatic rings. The lowest BCUT2D eigenvalue weighted by Gasteiger charge is -2.12. The fourth-order valence-electron chi connectivity index (χ4n) is 3.09. The van der Waals surface area contributed by atoms with E-state index < -0.39 is 11.8 Å². The van der Waals surface area contributed by atoms with Crippen LogP contribution in [0.4, 0.5) is 0 Å². The molecule has 0 atom stereocenters. The van der Waals surface area contributed by atoms with E-state index in [9.17, 15) is 9.59 Å². The number of fused-ring (bicyclic) bond motifs is 1. The number of rotatable bonds is 7. The molecule has 0 saturated heterocycles. The molecule has 3 N–H and O–H groups in total. The smallest absolute Gasteiger partial charge is 0.267 e. The minimum absolute atomic E-state index is 0.0747. The van der Waals surface area contributed by atoms with Crippen molar-refractivity contribution < 1.29 is 19.4 Å². The maximum Gasteiger partial charge on any atom is 0.267 e. The van der Waals surface area contributed by atoms with Crippen molar-refractivity contribution in [2.45, 2.75) is 0 Å². The second kappa shape index (κ2) is 9.07. The van der Waals surface area contributed by atoms with Crippen LogP contribution in [0, 0.1) is 0 Å². The van der Waals surface area contributed by atoms with Crippen LogP contribution in [0.1, 0.15) is 15.9 Å². The van der Waals surface area contributed by atoms with Gasteiger partial charge in [-0.05, 0) is 24.3 Å². The Balaban J connectivity index is 1.99. The van der Waals surface area contributed by atoms with E-state index in [2.05, 4.69) is 10.6 Å².